The predicted molar refractivity (Wildman–Crippen MR) is 127 cm³/mol. The van der Waals surface area contributed by atoms with Crippen LogP contribution >= 0.6 is 11.6 Å². The summed E-state index contributed by atoms with van der Waals surface area (Å²) in [5, 5.41) is 9.44. The Morgan fingerprint density at radius 2 is 1.88 bits per heavy atom. The Balaban J connectivity index is 1.73. The summed E-state index contributed by atoms with van der Waals surface area (Å²) in [4.78, 5) is 15.9. The number of sulfonamides is 1. The third kappa shape index (κ3) is 4.81. The summed E-state index contributed by atoms with van der Waals surface area (Å²) < 4.78 is 34.8. The van der Waals surface area contributed by atoms with Crippen LogP contribution in [0.4, 0.5) is 0 Å². The van der Waals surface area contributed by atoms with Gasteiger partial charge in [-0.2, -0.15) is 4.31 Å². The van der Waals surface area contributed by atoms with Crippen LogP contribution < -0.4 is 0 Å². The first-order valence-electron chi connectivity index (χ1n) is 10.6. The number of carboxylic acids is 1. The van der Waals surface area contributed by atoms with Gasteiger partial charge in [-0.15, -0.1) is 0 Å². The highest BCUT2D eigenvalue weighted by Gasteiger charge is 2.27. The van der Waals surface area contributed by atoms with E-state index in [0.717, 1.165) is 17.5 Å². The van der Waals surface area contributed by atoms with Crippen LogP contribution in [0.1, 0.15) is 35.1 Å². The number of morpholine rings is 1. The minimum Gasteiger partial charge on any atom is -0.478 e. The van der Waals surface area contributed by atoms with Gasteiger partial charge < -0.3 is 14.4 Å². The van der Waals surface area contributed by atoms with E-state index >= 15 is 0 Å². The summed E-state index contributed by atoms with van der Waals surface area (Å²) in [7, 11) is -3.64. The Kier molecular flexibility index (Phi) is 6.85. The number of benzene rings is 2. The molecule has 174 valence electrons. The Morgan fingerprint density at radius 1 is 1.18 bits per heavy atom. The van der Waals surface area contributed by atoms with Gasteiger partial charge in [0.05, 0.1) is 39.7 Å². The molecule has 0 saturated carbocycles. The van der Waals surface area contributed by atoms with Crippen molar-refractivity contribution in [2.75, 3.05) is 26.3 Å². The summed E-state index contributed by atoms with van der Waals surface area (Å²) in [5.74, 6) is -0.471. The standard InChI is InChI=1S/C23H24ClN3O5S/c1-2-9-27-21-8-7-18(33(30,31)26-10-12-32-13-11-26)15-20(21)25-22(27)19(24)14-16-3-5-17(6-4-16)23(28)29/h3-8,14-15H,2,9-13H2,1H3,(H,28,29). The molecule has 8 nitrogen and oxygen atoms in total. The van der Waals surface area contributed by atoms with Gasteiger partial charge in [-0.05, 0) is 48.4 Å². The van der Waals surface area contributed by atoms with Gasteiger partial charge in [0.2, 0.25) is 10.0 Å². The zero-order valence-electron chi connectivity index (χ0n) is 18.1. The van der Waals surface area contributed by atoms with E-state index in [9.17, 15) is 13.2 Å². The van der Waals surface area contributed by atoms with E-state index in [0.29, 0.717) is 49.2 Å². The number of nitrogens with zero attached hydrogens (tertiary/aromatic N) is 3. The van der Waals surface area contributed by atoms with Gasteiger partial charge in [-0.3, -0.25) is 0 Å². The van der Waals surface area contributed by atoms with E-state index in [-0.39, 0.29) is 10.5 Å². The second kappa shape index (κ2) is 9.64. The van der Waals surface area contributed by atoms with Crippen molar-refractivity contribution in [1.82, 2.24) is 13.9 Å². The number of carboxylic acid groups (broad SMARTS) is 1. The SMILES string of the molecule is CCCn1c(C(Cl)=Cc2ccc(C(=O)O)cc2)nc2cc(S(=O)(=O)N3CCOCC3)ccc21. The monoisotopic (exact) mass is 489 g/mol. The number of hydrogen-bond acceptors (Lipinski definition) is 5. The molecule has 1 fully saturated rings. The molecule has 1 N–H and O–H groups in total. The number of fused-ring (bicyclic) bond motifs is 1. The number of hydrogen-bond donors (Lipinski definition) is 1. The van der Waals surface area contributed by atoms with Crippen molar-refractivity contribution in [1.29, 1.82) is 0 Å². The molecule has 4 rings (SSSR count). The first-order valence-corrected chi connectivity index (χ1v) is 12.4. The highest BCUT2D eigenvalue weighted by Crippen LogP contribution is 2.29. The number of rotatable bonds is 7. The predicted octanol–water partition coefficient (Wildman–Crippen LogP) is 3.90. The van der Waals surface area contributed by atoms with Crippen LogP contribution in [0.15, 0.2) is 47.4 Å². The van der Waals surface area contributed by atoms with Gasteiger partial charge in [0.15, 0.2) is 5.82 Å². The zero-order chi connectivity index (χ0) is 23.6. The van der Waals surface area contributed by atoms with Crippen LogP contribution in [-0.2, 0) is 21.3 Å². The van der Waals surface area contributed by atoms with E-state index in [2.05, 4.69) is 4.98 Å². The van der Waals surface area contributed by atoms with Crippen molar-refractivity contribution < 1.29 is 23.1 Å². The molecular formula is C23H24ClN3O5S. The van der Waals surface area contributed by atoms with Gasteiger partial charge in [0.25, 0.3) is 0 Å². The largest absolute Gasteiger partial charge is 0.478 e. The number of imidazole rings is 1. The highest BCUT2D eigenvalue weighted by atomic mass is 35.5. The molecule has 1 aliphatic rings. The molecule has 0 bridgehead atoms. The Hall–Kier alpha value is -2.72. The van der Waals surface area contributed by atoms with Crippen molar-refractivity contribution in [3.63, 3.8) is 0 Å². The summed E-state index contributed by atoms with van der Waals surface area (Å²) >= 11 is 6.63. The first-order chi connectivity index (χ1) is 15.8. The van der Waals surface area contributed by atoms with Crippen LogP contribution in [0.2, 0.25) is 0 Å². The fourth-order valence-corrected chi connectivity index (χ4v) is 5.47. The van der Waals surface area contributed by atoms with Crippen molar-refractivity contribution in [2.45, 2.75) is 24.8 Å². The second-order valence-corrected chi connectivity index (χ2v) is 10.0. The van der Waals surface area contributed by atoms with Gasteiger partial charge >= 0.3 is 5.97 Å². The minimum absolute atomic E-state index is 0.189. The van der Waals surface area contributed by atoms with Crippen molar-refractivity contribution >= 4 is 49.7 Å². The number of carbonyl (C=O) groups is 1. The van der Waals surface area contributed by atoms with Gasteiger partial charge in [-0.25, -0.2) is 18.2 Å². The van der Waals surface area contributed by atoms with Crippen molar-refractivity contribution in [3.05, 3.63) is 59.4 Å². The molecule has 0 unspecified atom stereocenters. The third-order valence-corrected chi connectivity index (χ3v) is 7.61. The van der Waals surface area contributed by atoms with Crippen LogP contribution in [-0.4, -0.2) is 59.7 Å². The van der Waals surface area contributed by atoms with Gasteiger partial charge in [0, 0.05) is 19.6 Å². The minimum atomic E-state index is -3.64. The molecule has 0 atom stereocenters. The van der Waals surface area contributed by atoms with Crippen molar-refractivity contribution in [3.8, 4) is 0 Å². The maximum absolute atomic E-state index is 13.1. The molecule has 2 heterocycles. The zero-order valence-corrected chi connectivity index (χ0v) is 19.6. The fraction of sp³-hybridized carbons (Fsp3) is 0.304. The molecule has 1 saturated heterocycles. The summed E-state index contributed by atoms with van der Waals surface area (Å²) in [6.45, 7) is 4.10. The van der Waals surface area contributed by atoms with Crippen LogP contribution in [0.5, 0.6) is 0 Å². The first kappa shape index (κ1) is 23.4. The van der Waals surface area contributed by atoms with Crippen LogP contribution in [0.3, 0.4) is 0 Å². The average Bonchev–Trinajstić information content (AvgIpc) is 3.18. The number of ether oxygens (including phenoxy) is 1. The van der Waals surface area contributed by atoms with E-state index in [4.69, 9.17) is 21.4 Å². The molecule has 0 amide bonds. The lowest BCUT2D eigenvalue weighted by atomic mass is 10.1. The molecule has 0 spiro atoms. The van der Waals surface area contributed by atoms with E-state index < -0.39 is 16.0 Å². The summed E-state index contributed by atoms with van der Waals surface area (Å²) in [6, 6.07) is 11.3. The smallest absolute Gasteiger partial charge is 0.335 e. The number of aromatic nitrogens is 2. The molecule has 1 aliphatic heterocycles. The van der Waals surface area contributed by atoms with E-state index in [1.165, 1.54) is 16.4 Å². The molecular weight excluding hydrogens is 466 g/mol. The summed E-state index contributed by atoms with van der Waals surface area (Å²) in [6.07, 6.45) is 2.55. The third-order valence-electron chi connectivity index (χ3n) is 5.44. The Labute approximate surface area is 197 Å². The normalized spacial score (nSPS) is 15.8. The van der Waals surface area contributed by atoms with Crippen LogP contribution in [0.25, 0.3) is 22.1 Å². The lowest BCUT2D eigenvalue weighted by molar-refractivity contribution is 0.0697. The molecule has 1 aromatic heterocycles. The van der Waals surface area contributed by atoms with Gasteiger partial charge in [0.1, 0.15) is 0 Å². The molecule has 2 aromatic carbocycles. The number of aryl methyl sites for hydroxylation is 1. The van der Waals surface area contributed by atoms with Crippen molar-refractivity contribution in [2.24, 2.45) is 0 Å². The molecule has 0 aliphatic carbocycles. The maximum atomic E-state index is 13.1. The topological polar surface area (TPSA) is 102 Å². The quantitative estimate of drug-likeness (QED) is 0.540. The lowest BCUT2D eigenvalue weighted by Crippen LogP contribution is -2.40. The molecule has 33 heavy (non-hydrogen) atoms. The Morgan fingerprint density at radius 3 is 2.52 bits per heavy atom. The Bertz CT molecular complexity index is 1310. The second-order valence-electron chi connectivity index (χ2n) is 7.67. The molecule has 3 aromatic rings. The molecule has 10 heteroatoms. The lowest BCUT2D eigenvalue weighted by Gasteiger charge is -2.26. The van der Waals surface area contributed by atoms with E-state index in [1.807, 2.05) is 11.5 Å². The fourth-order valence-electron chi connectivity index (χ4n) is 3.77. The summed E-state index contributed by atoms with van der Waals surface area (Å²) in [5.41, 5.74) is 2.26. The van der Waals surface area contributed by atoms with Gasteiger partial charge in [-0.1, -0.05) is 30.7 Å². The number of halogens is 1. The average molecular weight is 490 g/mol. The number of aromatic carboxylic acids is 1. The maximum Gasteiger partial charge on any atom is 0.335 e. The van der Waals surface area contributed by atoms with E-state index in [1.54, 1.807) is 36.4 Å². The molecule has 0 radical (unpaired) electrons. The van der Waals surface area contributed by atoms with Crippen LogP contribution in [0, 0.1) is 0 Å². The highest BCUT2D eigenvalue weighted by molar-refractivity contribution is 7.89.